The van der Waals surface area contributed by atoms with E-state index in [2.05, 4.69) is 124 Å². The maximum Gasteiger partial charge on any atom is 0.210 e. The fourth-order valence-corrected chi connectivity index (χ4v) is 8.51. The number of fused-ring (bicyclic) bond motifs is 2. The Hall–Kier alpha value is -3.79. The van der Waals surface area contributed by atoms with E-state index in [-0.39, 0.29) is 43.0 Å². The Morgan fingerprint density at radius 3 is 2.18 bits per heavy atom. The second kappa shape index (κ2) is 15.4. The normalized spacial score (nSPS) is 19.0. The molecule has 2 N–H and O–H groups in total. The summed E-state index contributed by atoms with van der Waals surface area (Å²) < 4.78 is 13.7. The second-order valence-corrected chi connectivity index (χ2v) is 15.7. The molecule has 0 spiro atoms. The highest BCUT2D eigenvalue weighted by Crippen LogP contribution is 2.51. The third-order valence-electron chi connectivity index (χ3n) is 10.2. The number of carbonyl (C=O) groups is 1. The topological polar surface area (TPSA) is 82.2 Å². The summed E-state index contributed by atoms with van der Waals surface area (Å²) in [6, 6.07) is 23.7. The van der Waals surface area contributed by atoms with Gasteiger partial charge in [-0.05, 0) is 51.5 Å². The van der Waals surface area contributed by atoms with E-state index in [1.54, 1.807) is 11.8 Å². The molecule has 3 aliphatic rings. The molecule has 6 rings (SSSR count). The number of thioether (sulfide) groups is 1. The van der Waals surface area contributed by atoms with Crippen molar-refractivity contribution in [1.29, 1.82) is 0 Å². The number of Topliss-reactive ketones (excluding diaryl/α,β-unsaturated/α-hetero) is 1. The number of aliphatic hydroxyl groups is 2. The number of benzene rings is 3. The molecule has 0 amide bonds. The van der Waals surface area contributed by atoms with Crippen LogP contribution >= 0.6 is 11.8 Å². The van der Waals surface area contributed by atoms with Gasteiger partial charge in [0.15, 0.2) is 18.0 Å². The monoisotopic (exact) mass is 707 g/mol. The van der Waals surface area contributed by atoms with Crippen LogP contribution in [0.2, 0.25) is 0 Å². The maximum absolute atomic E-state index is 14.5. The van der Waals surface area contributed by atoms with Gasteiger partial charge in [-0.25, -0.2) is 0 Å². The molecule has 268 valence electrons. The molecule has 0 aromatic heterocycles. The van der Waals surface area contributed by atoms with Gasteiger partial charge >= 0.3 is 0 Å². The highest BCUT2D eigenvalue weighted by Gasteiger charge is 2.47. The largest absolute Gasteiger partial charge is 0.394 e. The van der Waals surface area contributed by atoms with Gasteiger partial charge in [-0.3, -0.25) is 4.79 Å². The SMILES string of the molecule is Cc1ccc2c(c1)C(C)(C)C(/C=C1/C(=O)C(/C=C3\N(CCOCCO)c4ccc(C)cc4C3(C)C)=C1SCCOCCO)=[N+]2Cc1ccccc1. The number of allylic oxidation sites excluding steroid dienone is 5. The summed E-state index contributed by atoms with van der Waals surface area (Å²) >= 11 is 1.64. The second-order valence-electron chi connectivity index (χ2n) is 14.6. The van der Waals surface area contributed by atoms with Gasteiger partial charge in [0.25, 0.3) is 0 Å². The lowest BCUT2D eigenvalue weighted by atomic mass is 9.78. The number of aryl methyl sites for hydroxylation is 2. The van der Waals surface area contributed by atoms with Crippen LogP contribution in [0.15, 0.2) is 101 Å². The lowest BCUT2D eigenvalue weighted by Gasteiger charge is -2.30. The van der Waals surface area contributed by atoms with Gasteiger partial charge in [-0.15, -0.1) is 11.8 Å². The van der Waals surface area contributed by atoms with Crippen LogP contribution < -0.4 is 4.90 Å². The Morgan fingerprint density at radius 1 is 0.804 bits per heavy atom. The van der Waals surface area contributed by atoms with Crippen molar-refractivity contribution in [1.82, 2.24) is 0 Å². The van der Waals surface area contributed by atoms with Gasteiger partial charge in [-0.1, -0.05) is 73.5 Å². The first-order valence-corrected chi connectivity index (χ1v) is 18.9. The maximum atomic E-state index is 14.5. The molecule has 51 heavy (non-hydrogen) atoms. The molecule has 2 aliphatic heterocycles. The van der Waals surface area contributed by atoms with Crippen molar-refractivity contribution in [2.24, 2.45) is 0 Å². The number of carbonyl (C=O) groups excluding carboxylic acids is 1. The molecule has 0 saturated heterocycles. The molecule has 7 nitrogen and oxygen atoms in total. The number of aliphatic hydroxyl groups excluding tert-OH is 2. The highest BCUT2D eigenvalue weighted by molar-refractivity contribution is 8.03. The van der Waals surface area contributed by atoms with Crippen LogP contribution in [0.5, 0.6) is 0 Å². The number of ketones is 1. The zero-order valence-electron chi connectivity index (χ0n) is 30.8. The summed E-state index contributed by atoms with van der Waals surface area (Å²) in [6.07, 6.45) is 4.24. The number of hydrogen-bond acceptors (Lipinski definition) is 7. The third-order valence-corrected chi connectivity index (χ3v) is 11.3. The summed E-state index contributed by atoms with van der Waals surface area (Å²) in [5, 5.41) is 18.6. The quantitative estimate of drug-likeness (QED) is 0.0994. The molecule has 8 heteroatoms. The smallest absolute Gasteiger partial charge is 0.210 e. The van der Waals surface area contributed by atoms with E-state index in [4.69, 9.17) is 9.47 Å². The Morgan fingerprint density at radius 2 is 1.47 bits per heavy atom. The molecule has 0 unspecified atom stereocenters. The summed E-state index contributed by atoms with van der Waals surface area (Å²) in [5.41, 5.74) is 11.3. The molecule has 3 aromatic carbocycles. The number of ether oxygens (including phenoxy) is 2. The lowest BCUT2D eigenvalue weighted by Crippen LogP contribution is -2.32. The van der Waals surface area contributed by atoms with Crippen LogP contribution in [-0.4, -0.2) is 78.2 Å². The van der Waals surface area contributed by atoms with Crippen LogP contribution in [0.4, 0.5) is 11.4 Å². The number of anilines is 1. The van der Waals surface area contributed by atoms with Crippen molar-refractivity contribution in [2.75, 3.05) is 56.8 Å². The van der Waals surface area contributed by atoms with E-state index in [0.29, 0.717) is 37.6 Å². The molecule has 0 saturated carbocycles. The lowest BCUT2D eigenvalue weighted by molar-refractivity contribution is -0.455. The standard InChI is InChI=1S/C43H51N2O5S/c1-29-12-14-36-34(24-29)42(3,4)38(44(36)16-19-49-20-17-46)26-32-40(48)33(41(32)51-23-22-50-21-18-47)27-39-43(5,6)35-25-30(2)13-15-37(35)45(39)28-31-10-8-7-9-11-31/h7-15,24-27,46-47H,16-23,28H2,1-6H3/q+1. The van der Waals surface area contributed by atoms with Crippen LogP contribution in [0.3, 0.4) is 0 Å². The average molecular weight is 708 g/mol. The molecular weight excluding hydrogens is 657 g/mol. The van der Waals surface area contributed by atoms with E-state index < -0.39 is 0 Å². The summed E-state index contributed by atoms with van der Waals surface area (Å²) in [6.45, 7) is 15.9. The summed E-state index contributed by atoms with van der Waals surface area (Å²) in [4.78, 5) is 17.7. The van der Waals surface area contributed by atoms with Gasteiger partial charge in [0.1, 0.15) is 0 Å². The van der Waals surface area contributed by atoms with Crippen LogP contribution in [0, 0.1) is 13.8 Å². The van der Waals surface area contributed by atoms with E-state index in [1.807, 2.05) is 6.07 Å². The average Bonchev–Trinajstić information content (AvgIpc) is 3.44. The van der Waals surface area contributed by atoms with E-state index in [0.717, 1.165) is 27.6 Å². The molecule has 2 heterocycles. The fraction of sp³-hybridized carbons (Fsp3) is 0.395. The number of nitrogens with zero attached hydrogens (tertiary/aromatic N) is 2. The van der Waals surface area contributed by atoms with E-state index in [1.165, 1.54) is 33.5 Å². The number of hydrogen-bond donors (Lipinski definition) is 2. The molecule has 0 atom stereocenters. The minimum Gasteiger partial charge on any atom is -0.394 e. The van der Waals surface area contributed by atoms with Gasteiger partial charge < -0.3 is 24.6 Å². The molecular formula is C43H51N2O5S+. The first kappa shape index (κ1) is 37.0. The number of rotatable bonds is 15. The van der Waals surface area contributed by atoms with Gasteiger partial charge in [0.2, 0.25) is 5.69 Å². The Bertz CT molecular complexity index is 1920. The zero-order chi connectivity index (χ0) is 36.3. The Kier molecular flexibility index (Phi) is 11.2. The molecule has 0 bridgehead atoms. The van der Waals surface area contributed by atoms with Crippen molar-refractivity contribution in [3.8, 4) is 0 Å². The van der Waals surface area contributed by atoms with Crippen molar-refractivity contribution in [3.05, 3.63) is 128 Å². The zero-order valence-corrected chi connectivity index (χ0v) is 31.6. The van der Waals surface area contributed by atoms with Crippen molar-refractivity contribution >= 4 is 34.6 Å². The van der Waals surface area contributed by atoms with Crippen molar-refractivity contribution in [3.63, 3.8) is 0 Å². The first-order chi connectivity index (χ1) is 24.5. The summed E-state index contributed by atoms with van der Waals surface area (Å²) in [7, 11) is 0. The molecule has 3 aromatic rings. The Balaban J connectivity index is 1.46. The molecule has 0 radical (unpaired) electrons. The van der Waals surface area contributed by atoms with Crippen LogP contribution in [0.25, 0.3) is 0 Å². The Labute approximate surface area is 307 Å². The van der Waals surface area contributed by atoms with Crippen molar-refractivity contribution < 1.29 is 29.1 Å². The fourth-order valence-electron chi connectivity index (χ4n) is 7.49. The predicted octanol–water partition coefficient (Wildman–Crippen LogP) is 7.08. The minimum atomic E-state index is -0.348. The van der Waals surface area contributed by atoms with E-state index >= 15 is 0 Å². The third kappa shape index (κ3) is 7.30. The van der Waals surface area contributed by atoms with Gasteiger partial charge in [0, 0.05) is 68.4 Å². The predicted molar refractivity (Wildman–Crippen MR) is 207 cm³/mol. The minimum absolute atomic E-state index is 0.0215. The van der Waals surface area contributed by atoms with Gasteiger partial charge in [-0.2, -0.15) is 4.58 Å². The summed E-state index contributed by atoms with van der Waals surface area (Å²) in [5.74, 6) is 0.691. The molecule has 0 fully saturated rings. The first-order valence-electron chi connectivity index (χ1n) is 17.9. The van der Waals surface area contributed by atoms with E-state index in [9.17, 15) is 15.0 Å². The molecule has 1 aliphatic carbocycles. The van der Waals surface area contributed by atoms with Gasteiger partial charge in [0.05, 0.1) is 45.1 Å². The van der Waals surface area contributed by atoms with Crippen LogP contribution in [-0.2, 0) is 31.6 Å². The highest BCUT2D eigenvalue weighted by atomic mass is 32.2. The van der Waals surface area contributed by atoms with Crippen molar-refractivity contribution in [2.45, 2.75) is 58.9 Å². The van der Waals surface area contributed by atoms with Crippen LogP contribution in [0.1, 0.15) is 55.5 Å².